The summed E-state index contributed by atoms with van der Waals surface area (Å²) in [6, 6.07) is 12.0. The van der Waals surface area contributed by atoms with Gasteiger partial charge in [-0.05, 0) is 42.7 Å². The number of aryl methyl sites for hydroxylation is 2. The number of anilines is 2. The Balaban J connectivity index is 2.05. The Morgan fingerprint density at radius 3 is 2.32 bits per heavy atom. The van der Waals surface area contributed by atoms with Crippen molar-refractivity contribution in [3.05, 3.63) is 59.2 Å². The summed E-state index contributed by atoms with van der Waals surface area (Å²) >= 11 is 0. The van der Waals surface area contributed by atoms with Gasteiger partial charge in [0.2, 0.25) is 11.8 Å². The first-order valence-corrected chi connectivity index (χ1v) is 9.11. The van der Waals surface area contributed by atoms with E-state index in [0.29, 0.717) is 23.4 Å². The van der Waals surface area contributed by atoms with Crippen molar-refractivity contribution in [2.45, 2.75) is 40.5 Å². The quantitative estimate of drug-likeness (QED) is 0.696. The van der Waals surface area contributed by atoms with Crippen LogP contribution in [-0.2, 0) is 16.0 Å². The molecule has 0 aromatic heterocycles. The van der Waals surface area contributed by atoms with E-state index in [1.807, 2.05) is 33.8 Å². The van der Waals surface area contributed by atoms with Crippen molar-refractivity contribution in [3.8, 4) is 0 Å². The average molecular weight is 382 g/mol. The van der Waals surface area contributed by atoms with Crippen molar-refractivity contribution in [3.63, 3.8) is 0 Å². The van der Waals surface area contributed by atoms with Gasteiger partial charge in [0.05, 0.1) is 5.56 Å². The predicted octanol–water partition coefficient (Wildman–Crippen LogP) is 4.25. The van der Waals surface area contributed by atoms with Crippen LogP contribution in [0.2, 0.25) is 0 Å². The van der Waals surface area contributed by atoms with E-state index in [1.165, 1.54) is 6.07 Å². The van der Waals surface area contributed by atoms with Crippen LogP contribution in [0.25, 0.3) is 0 Å². The normalized spacial score (nSPS) is 11.0. The van der Waals surface area contributed by atoms with E-state index in [1.54, 1.807) is 30.3 Å². The first-order valence-electron chi connectivity index (χ1n) is 9.11. The van der Waals surface area contributed by atoms with E-state index >= 15 is 0 Å². The summed E-state index contributed by atoms with van der Waals surface area (Å²) in [4.78, 5) is 35.8. The highest BCUT2D eigenvalue weighted by Crippen LogP contribution is 2.23. The number of aromatic carboxylic acids is 1. The Morgan fingerprint density at radius 2 is 1.68 bits per heavy atom. The molecule has 0 saturated heterocycles. The number of hydrogen-bond acceptors (Lipinski definition) is 3. The van der Waals surface area contributed by atoms with Crippen LogP contribution in [0.1, 0.15) is 48.7 Å². The van der Waals surface area contributed by atoms with E-state index in [0.717, 1.165) is 5.56 Å². The molecule has 0 fully saturated rings. The van der Waals surface area contributed by atoms with Crippen molar-refractivity contribution in [2.75, 3.05) is 10.6 Å². The third kappa shape index (κ3) is 5.67. The molecule has 0 bridgehead atoms. The first-order chi connectivity index (χ1) is 13.1. The maximum Gasteiger partial charge on any atom is 0.335 e. The lowest BCUT2D eigenvalue weighted by Crippen LogP contribution is -2.27. The molecule has 6 nitrogen and oxygen atoms in total. The van der Waals surface area contributed by atoms with Crippen LogP contribution in [0, 0.1) is 12.3 Å². The SMILES string of the molecule is Cc1ccc(NC(=O)C(C)(C)C)cc1NC(=O)CCc1ccccc1C(=O)O. The first kappa shape index (κ1) is 21.2. The highest BCUT2D eigenvalue weighted by molar-refractivity contribution is 5.97. The molecular formula is C22H26N2O4. The fourth-order valence-corrected chi connectivity index (χ4v) is 2.56. The van der Waals surface area contributed by atoms with Crippen molar-refractivity contribution in [2.24, 2.45) is 5.41 Å². The third-order valence-corrected chi connectivity index (χ3v) is 4.32. The van der Waals surface area contributed by atoms with Crippen molar-refractivity contribution < 1.29 is 19.5 Å². The summed E-state index contributed by atoms with van der Waals surface area (Å²) in [5, 5.41) is 14.9. The molecule has 2 rings (SSSR count). The number of carboxylic acids is 1. The fourth-order valence-electron chi connectivity index (χ4n) is 2.56. The van der Waals surface area contributed by atoms with Gasteiger partial charge < -0.3 is 15.7 Å². The lowest BCUT2D eigenvalue weighted by Gasteiger charge is -2.18. The maximum atomic E-state index is 12.4. The second-order valence-corrected chi connectivity index (χ2v) is 7.74. The molecule has 0 aliphatic rings. The molecule has 2 aromatic rings. The molecule has 0 atom stereocenters. The Kier molecular flexibility index (Phi) is 6.57. The maximum absolute atomic E-state index is 12.4. The van der Waals surface area contributed by atoms with E-state index in [9.17, 15) is 19.5 Å². The molecule has 2 amide bonds. The predicted molar refractivity (Wildman–Crippen MR) is 110 cm³/mol. The lowest BCUT2D eigenvalue weighted by molar-refractivity contribution is -0.123. The van der Waals surface area contributed by atoms with Crippen LogP contribution in [0.4, 0.5) is 11.4 Å². The number of rotatable bonds is 6. The molecule has 6 heteroatoms. The van der Waals surface area contributed by atoms with Crippen molar-refractivity contribution >= 4 is 29.2 Å². The van der Waals surface area contributed by atoms with Gasteiger partial charge in [0.15, 0.2) is 0 Å². The molecule has 2 aromatic carbocycles. The van der Waals surface area contributed by atoms with E-state index in [-0.39, 0.29) is 23.8 Å². The van der Waals surface area contributed by atoms with Gasteiger partial charge in [0.25, 0.3) is 0 Å². The zero-order chi connectivity index (χ0) is 20.9. The molecule has 28 heavy (non-hydrogen) atoms. The molecule has 0 spiro atoms. The Hall–Kier alpha value is -3.15. The van der Waals surface area contributed by atoms with Gasteiger partial charge in [-0.25, -0.2) is 4.79 Å². The van der Waals surface area contributed by atoms with Gasteiger partial charge in [0, 0.05) is 23.2 Å². The van der Waals surface area contributed by atoms with Crippen LogP contribution >= 0.6 is 0 Å². The number of carbonyl (C=O) groups is 3. The third-order valence-electron chi connectivity index (χ3n) is 4.32. The molecule has 0 radical (unpaired) electrons. The minimum absolute atomic E-state index is 0.112. The molecule has 0 heterocycles. The molecule has 0 unspecified atom stereocenters. The zero-order valence-corrected chi connectivity index (χ0v) is 16.6. The van der Waals surface area contributed by atoms with E-state index in [4.69, 9.17) is 0 Å². The summed E-state index contributed by atoms with van der Waals surface area (Å²) in [7, 11) is 0. The van der Waals surface area contributed by atoms with Crippen molar-refractivity contribution in [1.82, 2.24) is 0 Å². The summed E-state index contributed by atoms with van der Waals surface area (Å²) < 4.78 is 0. The molecule has 3 N–H and O–H groups in total. The smallest absolute Gasteiger partial charge is 0.335 e. The fraction of sp³-hybridized carbons (Fsp3) is 0.318. The van der Waals surface area contributed by atoms with Crippen molar-refractivity contribution in [1.29, 1.82) is 0 Å². The van der Waals surface area contributed by atoms with Gasteiger partial charge >= 0.3 is 5.97 Å². The van der Waals surface area contributed by atoms with Crippen LogP contribution < -0.4 is 10.6 Å². The zero-order valence-electron chi connectivity index (χ0n) is 16.6. The Labute approximate surface area is 165 Å². The summed E-state index contributed by atoms with van der Waals surface area (Å²) in [5.74, 6) is -1.34. The highest BCUT2D eigenvalue weighted by atomic mass is 16.4. The highest BCUT2D eigenvalue weighted by Gasteiger charge is 2.21. The molecular weight excluding hydrogens is 356 g/mol. The van der Waals surface area contributed by atoms with Crippen LogP contribution in [0.5, 0.6) is 0 Å². The summed E-state index contributed by atoms with van der Waals surface area (Å²) in [6.07, 6.45) is 0.482. The van der Waals surface area contributed by atoms with Gasteiger partial charge in [-0.3, -0.25) is 9.59 Å². The number of carboxylic acid groups (broad SMARTS) is 1. The van der Waals surface area contributed by atoms with Crippen LogP contribution in [0.15, 0.2) is 42.5 Å². The second-order valence-electron chi connectivity index (χ2n) is 7.74. The Bertz CT molecular complexity index is 898. The number of benzene rings is 2. The topological polar surface area (TPSA) is 95.5 Å². The number of nitrogens with one attached hydrogen (secondary N) is 2. The molecule has 0 saturated carbocycles. The van der Waals surface area contributed by atoms with Crippen LogP contribution in [-0.4, -0.2) is 22.9 Å². The minimum Gasteiger partial charge on any atom is -0.478 e. The Morgan fingerprint density at radius 1 is 1.00 bits per heavy atom. The number of carbonyl (C=O) groups excluding carboxylic acids is 2. The average Bonchev–Trinajstić information content (AvgIpc) is 2.62. The minimum atomic E-state index is -1.01. The largest absolute Gasteiger partial charge is 0.478 e. The lowest BCUT2D eigenvalue weighted by atomic mass is 9.95. The van der Waals surface area contributed by atoms with Gasteiger partial charge in [-0.2, -0.15) is 0 Å². The second kappa shape index (κ2) is 8.69. The number of amides is 2. The molecule has 0 aliphatic carbocycles. The van der Waals surface area contributed by atoms with E-state index in [2.05, 4.69) is 10.6 Å². The summed E-state index contributed by atoms with van der Waals surface area (Å²) in [6.45, 7) is 7.35. The van der Waals surface area contributed by atoms with Gasteiger partial charge in [-0.1, -0.05) is 45.0 Å². The monoisotopic (exact) mass is 382 g/mol. The van der Waals surface area contributed by atoms with E-state index < -0.39 is 11.4 Å². The van der Waals surface area contributed by atoms with Crippen LogP contribution in [0.3, 0.4) is 0 Å². The summed E-state index contributed by atoms with van der Waals surface area (Å²) in [5.41, 5.74) is 2.39. The van der Waals surface area contributed by atoms with Gasteiger partial charge in [0.1, 0.15) is 0 Å². The van der Waals surface area contributed by atoms with Gasteiger partial charge in [-0.15, -0.1) is 0 Å². The molecule has 0 aliphatic heterocycles. The standard InChI is InChI=1S/C22H26N2O4/c1-14-9-11-16(23-21(28)22(2,3)4)13-18(14)24-19(25)12-10-15-7-5-6-8-17(15)20(26)27/h5-9,11,13H,10,12H2,1-4H3,(H,23,28)(H,24,25)(H,26,27). The number of hydrogen-bond donors (Lipinski definition) is 3. The molecule has 148 valence electrons.